The average molecular weight is 332 g/mol. The maximum atomic E-state index is 12.5. The van der Waals surface area contributed by atoms with E-state index in [0.29, 0.717) is 19.0 Å². The molecule has 0 aliphatic carbocycles. The number of ether oxygens (including phenoxy) is 1. The molecule has 2 aromatic carbocycles. The van der Waals surface area contributed by atoms with Crippen LogP contribution in [0.15, 0.2) is 48.5 Å². The molecule has 1 aromatic heterocycles. The molecule has 0 bridgehead atoms. The average Bonchev–Trinajstić information content (AvgIpc) is 2.74. The zero-order valence-electron chi connectivity index (χ0n) is 14.5. The molecule has 126 valence electrons. The number of hydrogen-bond donors (Lipinski definition) is 0. The molecule has 1 aliphatic heterocycles. The fraction of sp³-hybridized carbons (Fsp3) is 0.238. The minimum Gasteiger partial charge on any atom is -0.467 e. The third-order valence-electron chi connectivity index (χ3n) is 4.59. The fourth-order valence-corrected chi connectivity index (χ4v) is 3.36. The molecule has 4 heteroatoms. The monoisotopic (exact) mass is 332 g/mol. The first-order valence-electron chi connectivity index (χ1n) is 8.45. The molecule has 0 unspecified atom stereocenters. The molecule has 0 spiro atoms. The van der Waals surface area contributed by atoms with Gasteiger partial charge in [-0.2, -0.15) is 0 Å². The summed E-state index contributed by atoms with van der Waals surface area (Å²) in [6.07, 6.45) is 0. The van der Waals surface area contributed by atoms with Crippen molar-refractivity contribution in [2.24, 2.45) is 0 Å². The number of carbonyl (C=O) groups is 1. The van der Waals surface area contributed by atoms with Gasteiger partial charge in [0.1, 0.15) is 0 Å². The number of benzene rings is 2. The Balaban J connectivity index is 1.72. The van der Waals surface area contributed by atoms with Gasteiger partial charge >= 0.3 is 0 Å². The summed E-state index contributed by atoms with van der Waals surface area (Å²) < 4.78 is 5.71. The number of carbonyl (C=O) groups excluding carboxylic acids is 1. The minimum atomic E-state index is -0.0150. The number of fused-ring (bicyclic) bond motifs is 2. The van der Waals surface area contributed by atoms with E-state index in [1.807, 2.05) is 35.2 Å². The fourth-order valence-electron chi connectivity index (χ4n) is 3.36. The Labute approximate surface area is 147 Å². The van der Waals surface area contributed by atoms with Crippen molar-refractivity contribution >= 4 is 16.8 Å². The minimum absolute atomic E-state index is 0.0150. The Bertz CT molecular complexity index is 951. The molecule has 1 amide bonds. The van der Waals surface area contributed by atoms with E-state index in [1.165, 1.54) is 11.1 Å². The predicted molar refractivity (Wildman–Crippen MR) is 97.4 cm³/mol. The highest BCUT2D eigenvalue weighted by molar-refractivity contribution is 5.85. The molecule has 0 saturated heterocycles. The smallest absolute Gasteiger partial charge is 0.261 e. The lowest BCUT2D eigenvalue weighted by molar-refractivity contribution is -0.133. The van der Waals surface area contributed by atoms with Gasteiger partial charge in [-0.3, -0.25) is 4.79 Å². The van der Waals surface area contributed by atoms with Gasteiger partial charge in [0.2, 0.25) is 5.88 Å². The number of amides is 1. The van der Waals surface area contributed by atoms with Crippen LogP contribution in [-0.4, -0.2) is 22.4 Å². The lowest BCUT2D eigenvalue weighted by atomic mass is 10.0. The van der Waals surface area contributed by atoms with Crippen molar-refractivity contribution in [3.05, 3.63) is 70.8 Å². The van der Waals surface area contributed by atoms with Crippen LogP contribution >= 0.6 is 0 Å². The molecule has 4 rings (SSSR count). The number of nitrogens with zero attached hydrogens (tertiary/aromatic N) is 2. The van der Waals surface area contributed by atoms with Gasteiger partial charge in [0.25, 0.3) is 5.91 Å². The maximum Gasteiger partial charge on any atom is 0.261 e. The second-order valence-corrected chi connectivity index (χ2v) is 6.63. The van der Waals surface area contributed by atoms with E-state index in [2.05, 4.69) is 37.0 Å². The zero-order valence-corrected chi connectivity index (χ0v) is 14.5. The first-order valence-corrected chi connectivity index (χ1v) is 8.45. The van der Waals surface area contributed by atoms with Crippen LogP contribution in [0.4, 0.5) is 0 Å². The number of aryl methyl sites for hydroxylation is 2. The van der Waals surface area contributed by atoms with Gasteiger partial charge in [-0.25, -0.2) is 4.98 Å². The van der Waals surface area contributed by atoms with Crippen molar-refractivity contribution in [1.29, 1.82) is 0 Å². The maximum absolute atomic E-state index is 12.5. The molecule has 3 aromatic rings. The highest BCUT2D eigenvalue weighted by Gasteiger charge is 2.23. The van der Waals surface area contributed by atoms with Crippen LogP contribution in [0.25, 0.3) is 10.9 Å². The first kappa shape index (κ1) is 15.6. The van der Waals surface area contributed by atoms with Crippen LogP contribution in [0.3, 0.4) is 0 Å². The Morgan fingerprint density at radius 1 is 1.12 bits per heavy atom. The van der Waals surface area contributed by atoms with Crippen LogP contribution in [0.5, 0.6) is 5.88 Å². The van der Waals surface area contributed by atoms with E-state index in [1.54, 1.807) is 0 Å². The summed E-state index contributed by atoms with van der Waals surface area (Å²) in [4.78, 5) is 19.0. The molecule has 0 N–H and O–H groups in total. The van der Waals surface area contributed by atoms with Crippen molar-refractivity contribution in [1.82, 2.24) is 9.88 Å². The molecular formula is C21H20N2O2. The van der Waals surface area contributed by atoms with E-state index in [9.17, 15) is 4.79 Å². The highest BCUT2D eigenvalue weighted by Crippen LogP contribution is 2.29. The van der Waals surface area contributed by atoms with Crippen LogP contribution < -0.4 is 4.74 Å². The summed E-state index contributed by atoms with van der Waals surface area (Å²) in [6.45, 7) is 5.27. The largest absolute Gasteiger partial charge is 0.467 e. The second-order valence-electron chi connectivity index (χ2n) is 6.63. The summed E-state index contributed by atoms with van der Waals surface area (Å²) in [5, 5.41) is 1.11. The normalized spacial score (nSPS) is 14.2. The second kappa shape index (κ2) is 6.20. The molecule has 1 aliphatic rings. The van der Waals surface area contributed by atoms with Gasteiger partial charge in [0.15, 0.2) is 6.61 Å². The summed E-state index contributed by atoms with van der Waals surface area (Å²) in [5.74, 6) is 0.556. The Morgan fingerprint density at radius 3 is 2.72 bits per heavy atom. The molecule has 2 heterocycles. The van der Waals surface area contributed by atoms with Gasteiger partial charge in [0.05, 0.1) is 12.1 Å². The molecule has 25 heavy (non-hydrogen) atoms. The van der Waals surface area contributed by atoms with E-state index < -0.39 is 0 Å². The molecule has 0 fully saturated rings. The van der Waals surface area contributed by atoms with Crippen LogP contribution in [0.2, 0.25) is 0 Å². The number of aromatic nitrogens is 1. The van der Waals surface area contributed by atoms with E-state index in [4.69, 9.17) is 4.74 Å². The lowest BCUT2D eigenvalue weighted by Crippen LogP contribution is -2.31. The third kappa shape index (κ3) is 3.07. The Hall–Kier alpha value is -2.88. The molecule has 0 atom stereocenters. The number of rotatable bonds is 2. The lowest BCUT2D eigenvalue weighted by Gasteiger charge is -2.20. The number of hydrogen-bond acceptors (Lipinski definition) is 3. The Kier molecular flexibility index (Phi) is 3.88. The van der Waals surface area contributed by atoms with Crippen LogP contribution in [0.1, 0.15) is 22.3 Å². The van der Waals surface area contributed by atoms with Crippen molar-refractivity contribution in [3.63, 3.8) is 0 Å². The van der Waals surface area contributed by atoms with E-state index >= 15 is 0 Å². The molecular weight excluding hydrogens is 312 g/mol. The number of pyridine rings is 1. The van der Waals surface area contributed by atoms with Crippen molar-refractivity contribution in [2.75, 3.05) is 6.61 Å². The van der Waals surface area contributed by atoms with Crippen LogP contribution in [-0.2, 0) is 17.9 Å². The third-order valence-corrected chi connectivity index (χ3v) is 4.59. The van der Waals surface area contributed by atoms with Gasteiger partial charge < -0.3 is 9.64 Å². The van der Waals surface area contributed by atoms with Gasteiger partial charge in [-0.1, -0.05) is 36.4 Å². The summed E-state index contributed by atoms with van der Waals surface area (Å²) >= 11 is 0. The van der Waals surface area contributed by atoms with Gasteiger partial charge in [-0.15, -0.1) is 0 Å². The summed E-state index contributed by atoms with van der Waals surface area (Å²) in [7, 11) is 0. The topological polar surface area (TPSA) is 42.4 Å². The van der Waals surface area contributed by atoms with Gasteiger partial charge in [0, 0.05) is 17.5 Å². The molecule has 4 nitrogen and oxygen atoms in total. The zero-order chi connectivity index (χ0) is 17.4. The molecule has 0 saturated carbocycles. The summed E-state index contributed by atoms with van der Waals surface area (Å²) in [5.41, 5.74) is 5.35. The van der Waals surface area contributed by atoms with Gasteiger partial charge in [-0.05, 0) is 42.7 Å². The first-order chi connectivity index (χ1) is 12.1. The Morgan fingerprint density at radius 2 is 1.92 bits per heavy atom. The van der Waals surface area contributed by atoms with Crippen molar-refractivity contribution in [3.8, 4) is 5.88 Å². The summed E-state index contributed by atoms with van der Waals surface area (Å²) in [6, 6.07) is 16.3. The van der Waals surface area contributed by atoms with E-state index in [0.717, 1.165) is 22.0 Å². The van der Waals surface area contributed by atoms with Crippen molar-refractivity contribution in [2.45, 2.75) is 26.9 Å². The molecule has 0 radical (unpaired) electrons. The SMILES string of the molecule is Cc1cc(C)c2cc3c(nc2c1)OCC(=O)N(Cc1ccccc1)C3. The van der Waals surface area contributed by atoms with E-state index in [-0.39, 0.29) is 12.5 Å². The van der Waals surface area contributed by atoms with Crippen LogP contribution in [0, 0.1) is 13.8 Å². The standard InChI is InChI=1S/C21H20N2O2/c1-14-8-15(2)18-10-17-12-23(11-16-6-4-3-5-7-16)20(24)13-25-21(17)22-19(18)9-14/h3-10H,11-13H2,1-2H3. The van der Waals surface area contributed by atoms with Crippen molar-refractivity contribution < 1.29 is 9.53 Å². The quantitative estimate of drug-likeness (QED) is 0.717. The predicted octanol–water partition coefficient (Wildman–Crippen LogP) is 3.77. The highest BCUT2D eigenvalue weighted by atomic mass is 16.5.